The summed E-state index contributed by atoms with van der Waals surface area (Å²) in [6.45, 7) is 2.54. The molecule has 0 saturated carbocycles. The lowest BCUT2D eigenvalue weighted by Crippen LogP contribution is -2.33. The molecule has 0 amide bonds. The maximum Gasteiger partial charge on any atom is 0.341 e. The van der Waals surface area contributed by atoms with Crippen LogP contribution in [0.3, 0.4) is 0 Å². The third-order valence-corrected chi connectivity index (χ3v) is 6.66. The molecule has 0 atom stereocenters. The molecule has 3 aromatic rings. The van der Waals surface area contributed by atoms with Crippen LogP contribution in [-0.4, -0.2) is 17.9 Å². The molecular formula is C24H13Cl3O7. The van der Waals surface area contributed by atoms with Crippen LogP contribution in [0.15, 0.2) is 42.5 Å². The van der Waals surface area contributed by atoms with Crippen molar-refractivity contribution >= 4 is 52.7 Å². The first-order chi connectivity index (χ1) is 16.1. The van der Waals surface area contributed by atoms with Crippen LogP contribution in [0.25, 0.3) is 0 Å². The van der Waals surface area contributed by atoms with Gasteiger partial charge in [-0.3, -0.25) is 9.59 Å². The zero-order chi connectivity index (χ0) is 24.4. The summed E-state index contributed by atoms with van der Waals surface area (Å²) in [4.78, 5) is 36.0. The van der Waals surface area contributed by atoms with Crippen LogP contribution < -0.4 is 14.2 Å². The van der Waals surface area contributed by atoms with Gasteiger partial charge in [0.1, 0.15) is 23.0 Å². The summed E-state index contributed by atoms with van der Waals surface area (Å²) in [5.41, 5.74) is -0.182. The van der Waals surface area contributed by atoms with Gasteiger partial charge in [-0.1, -0.05) is 34.8 Å². The number of hydrogen-bond acceptors (Lipinski definition) is 7. The van der Waals surface area contributed by atoms with E-state index in [0.717, 1.165) is 0 Å². The summed E-state index contributed by atoms with van der Waals surface area (Å²) in [5, 5.41) is 0.124. The van der Waals surface area contributed by atoms with E-state index in [0.29, 0.717) is 16.7 Å². The summed E-state index contributed by atoms with van der Waals surface area (Å²) in [6, 6.07) is 10.8. The molecule has 2 aliphatic rings. The van der Waals surface area contributed by atoms with E-state index in [1.54, 1.807) is 24.3 Å². The number of carbonyl (C=O) groups is 3. The van der Waals surface area contributed by atoms with Gasteiger partial charge in [-0.05, 0) is 30.3 Å². The Kier molecular flexibility index (Phi) is 5.24. The van der Waals surface area contributed by atoms with Gasteiger partial charge < -0.3 is 18.9 Å². The molecule has 0 saturated heterocycles. The van der Waals surface area contributed by atoms with Gasteiger partial charge in [-0.25, -0.2) is 4.79 Å². The Bertz CT molecular complexity index is 1370. The maximum atomic E-state index is 13.1. The van der Waals surface area contributed by atoms with Crippen molar-refractivity contribution in [1.82, 2.24) is 0 Å². The van der Waals surface area contributed by atoms with Gasteiger partial charge in [0.05, 0.1) is 20.6 Å². The van der Waals surface area contributed by atoms with Crippen LogP contribution in [0.1, 0.15) is 40.9 Å². The van der Waals surface area contributed by atoms with Crippen LogP contribution in [0, 0.1) is 0 Å². The normalized spacial score (nSPS) is 14.4. The lowest BCUT2D eigenvalue weighted by Gasteiger charge is -2.36. The highest BCUT2D eigenvalue weighted by Gasteiger charge is 2.55. The first kappa shape index (κ1) is 22.5. The van der Waals surface area contributed by atoms with Gasteiger partial charge in [0.15, 0.2) is 5.60 Å². The van der Waals surface area contributed by atoms with E-state index in [-0.39, 0.29) is 43.6 Å². The topological polar surface area (TPSA) is 88.1 Å². The monoisotopic (exact) mass is 518 g/mol. The molecule has 1 spiro atoms. The molecule has 3 aromatic carbocycles. The number of benzene rings is 3. The molecule has 0 fully saturated rings. The fourth-order valence-electron chi connectivity index (χ4n) is 4.20. The Morgan fingerprint density at radius 1 is 0.794 bits per heavy atom. The highest BCUT2D eigenvalue weighted by molar-refractivity contribution is 6.49. The summed E-state index contributed by atoms with van der Waals surface area (Å²) >= 11 is 18.9. The maximum absolute atomic E-state index is 13.1. The standard InChI is InChI=1S/C24H13Cl3O7/c1-10(28)31-12-3-5-14-18(7-12)33-19-8-13(32-11(2)29)4-6-15(19)24(14)16-9-17(25)21(26)22(27)20(16)23(30)34-24/h3-9H,1-2H3. The molecular weight excluding hydrogens is 507 g/mol. The lowest BCUT2D eigenvalue weighted by atomic mass is 9.77. The number of hydrogen-bond donors (Lipinski definition) is 0. The molecule has 34 heavy (non-hydrogen) atoms. The quantitative estimate of drug-likeness (QED) is 0.231. The van der Waals surface area contributed by atoms with E-state index < -0.39 is 23.5 Å². The van der Waals surface area contributed by atoms with E-state index in [9.17, 15) is 14.4 Å². The molecule has 0 unspecified atom stereocenters. The van der Waals surface area contributed by atoms with Crippen LogP contribution in [0.4, 0.5) is 0 Å². The van der Waals surface area contributed by atoms with E-state index in [1.165, 1.54) is 32.0 Å². The minimum absolute atomic E-state index is 0.0269. The fraction of sp³-hybridized carbons (Fsp3) is 0.125. The summed E-state index contributed by atoms with van der Waals surface area (Å²) < 4.78 is 22.5. The van der Waals surface area contributed by atoms with Gasteiger partial charge in [0, 0.05) is 42.7 Å². The molecule has 7 nitrogen and oxygen atoms in total. The molecule has 0 radical (unpaired) electrons. The van der Waals surface area contributed by atoms with E-state index in [2.05, 4.69) is 0 Å². The molecule has 0 aromatic heterocycles. The van der Waals surface area contributed by atoms with Crippen LogP contribution in [0.5, 0.6) is 23.0 Å². The third kappa shape index (κ3) is 3.31. The van der Waals surface area contributed by atoms with Crippen LogP contribution in [-0.2, 0) is 19.9 Å². The first-order valence-corrected chi connectivity index (χ1v) is 11.0. The average Bonchev–Trinajstić information content (AvgIpc) is 3.03. The Labute approximate surface area is 208 Å². The fourth-order valence-corrected chi connectivity index (χ4v) is 4.88. The number of halogens is 3. The van der Waals surface area contributed by atoms with Gasteiger partial charge in [-0.15, -0.1) is 0 Å². The SMILES string of the molecule is CC(=O)Oc1ccc2c(c1)Oc1cc(OC(C)=O)ccc1C21OC(=O)c2c1cc(Cl)c(Cl)c2Cl. The second-order valence-corrected chi connectivity index (χ2v) is 8.75. The molecule has 5 rings (SSSR count). The highest BCUT2D eigenvalue weighted by Crippen LogP contribution is 2.59. The van der Waals surface area contributed by atoms with Crippen molar-refractivity contribution in [2.45, 2.75) is 19.4 Å². The Morgan fingerprint density at radius 3 is 1.82 bits per heavy atom. The van der Waals surface area contributed by atoms with Crippen molar-refractivity contribution in [3.8, 4) is 23.0 Å². The third-order valence-electron chi connectivity index (χ3n) is 5.40. The minimum atomic E-state index is -1.50. The van der Waals surface area contributed by atoms with Crippen molar-refractivity contribution in [2.24, 2.45) is 0 Å². The highest BCUT2D eigenvalue weighted by atomic mass is 35.5. The largest absolute Gasteiger partial charge is 0.456 e. The van der Waals surface area contributed by atoms with Crippen molar-refractivity contribution in [3.05, 3.63) is 79.8 Å². The smallest absolute Gasteiger partial charge is 0.341 e. The van der Waals surface area contributed by atoms with Gasteiger partial charge in [0.25, 0.3) is 0 Å². The summed E-state index contributed by atoms with van der Waals surface area (Å²) in [6.07, 6.45) is 0. The number of esters is 3. The van der Waals surface area contributed by atoms with E-state index >= 15 is 0 Å². The second-order valence-electron chi connectivity index (χ2n) is 7.58. The Balaban J connectivity index is 1.82. The molecule has 2 heterocycles. The molecule has 0 bridgehead atoms. The predicted molar refractivity (Wildman–Crippen MR) is 122 cm³/mol. The zero-order valence-electron chi connectivity index (χ0n) is 17.5. The summed E-state index contributed by atoms with van der Waals surface area (Å²) in [5.74, 6) is -0.813. The lowest BCUT2D eigenvalue weighted by molar-refractivity contribution is -0.132. The van der Waals surface area contributed by atoms with Crippen LogP contribution in [0.2, 0.25) is 15.1 Å². The van der Waals surface area contributed by atoms with Gasteiger partial charge in [-0.2, -0.15) is 0 Å². The zero-order valence-corrected chi connectivity index (χ0v) is 19.8. The Morgan fingerprint density at radius 2 is 1.32 bits per heavy atom. The molecule has 0 N–H and O–H groups in total. The Hall–Kier alpha value is -3.26. The van der Waals surface area contributed by atoms with E-state index in [1.807, 2.05) is 0 Å². The van der Waals surface area contributed by atoms with Crippen LogP contribution >= 0.6 is 34.8 Å². The van der Waals surface area contributed by atoms with Crippen molar-refractivity contribution in [1.29, 1.82) is 0 Å². The molecule has 10 heteroatoms. The van der Waals surface area contributed by atoms with Gasteiger partial charge >= 0.3 is 17.9 Å². The molecule has 0 aliphatic carbocycles. The number of carbonyl (C=O) groups excluding carboxylic acids is 3. The number of fused-ring (bicyclic) bond motifs is 6. The van der Waals surface area contributed by atoms with Gasteiger partial charge in [0.2, 0.25) is 0 Å². The molecule has 2 aliphatic heterocycles. The predicted octanol–water partition coefficient (Wildman–Crippen LogP) is 6.07. The second kappa shape index (κ2) is 7.91. The van der Waals surface area contributed by atoms with Crippen molar-refractivity contribution in [2.75, 3.05) is 0 Å². The first-order valence-electron chi connectivity index (χ1n) is 9.87. The number of ether oxygens (including phenoxy) is 4. The molecule has 172 valence electrons. The van der Waals surface area contributed by atoms with E-state index in [4.69, 9.17) is 53.8 Å². The summed E-state index contributed by atoms with van der Waals surface area (Å²) in [7, 11) is 0. The van der Waals surface area contributed by atoms with Crippen molar-refractivity contribution in [3.63, 3.8) is 0 Å². The number of rotatable bonds is 2. The average molecular weight is 520 g/mol. The van der Waals surface area contributed by atoms with Crippen molar-refractivity contribution < 1.29 is 33.3 Å². The minimum Gasteiger partial charge on any atom is -0.456 e.